The number of aromatic nitrogens is 8. The van der Waals surface area contributed by atoms with Crippen molar-refractivity contribution in [2.45, 2.75) is 90.7 Å². The number of esters is 2. The Morgan fingerprint density at radius 2 is 1.39 bits per heavy atom. The summed E-state index contributed by atoms with van der Waals surface area (Å²) in [6, 6.07) is 0. The van der Waals surface area contributed by atoms with Gasteiger partial charge in [-0.15, -0.1) is 0 Å². The van der Waals surface area contributed by atoms with E-state index in [2.05, 4.69) is 29.9 Å². The molecule has 3 aliphatic heterocycles. The molecule has 0 amide bonds. The van der Waals surface area contributed by atoms with Crippen LogP contribution in [0, 0.1) is 10.8 Å². The molecule has 6 N–H and O–H groups in total. The van der Waals surface area contributed by atoms with Gasteiger partial charge in [-0.3, -0.25) is 46.6 Å². The number of halogens is 1. The lowest BCUT2D eigenvalue weighted by Crippen LogP contribution is -2.35. The van der Waals surface area contributed by atoms with E-state index in [0.717, 1.165) is 12.7 Å². The molecule has 2 bridgehead atoms. The molecule has 0 radical (unpaired) electrons. The lowest BCUT2D eigenvalue weighted by Gasteiger charge is -2.28. The highest BCUT2D eigenvalue weighted by Gasteiger charge is 2.55. The molecule has 0 saturated carbocycles. The van der Waals surface area contributed by atoms with E-state index in [9.17, 15) is 28.6 Å². The molecule has 334 valence electrons. The number of carbonyl (C=O) groups excluding carboxylic acids is 2. The van der Waals surface area contributed by atoms with Crippen LogP contribution in [0.3, 0.4) is 0 Å². The van der Waals surface area contributed by atoms with Crippen molar-refractivity contribution in [3.8, 4) is 0 Å². The van der Waals surface area contributed by atoms with Crippen LogP contribution in [0.2, 0.25) is 0 Å². The van der Waals surface area contributed by atoms with Crippen LogP contribution in [0.15, 0.2) is 23.8 Å². The Kier molecular flexibility index (Phi) is 12.7. The molecule has 3 aliphatic rings. The summed E-state index contributed by atoms with van der Waals surface area (Å²) < 4.78 is 95.7. The smallest absolute Gasteiger partial charge is 0.392 e. The second-order valence-electron chi connectivity index (χ2n) is 15.9. The van der Waals surface area contributed by atoms with Crippen LogP contribution in [-0.4, -0.2) is 118 Å². The number of nitrogens with two attached hydrogens (primary N) is 2. The van der Waals surface area contributed by atoms with E-state index in [-0.39, 0.29) is 34.1 Å². The number of nitrogens with one attached hydrogen (secondary N) is 1. The number of rotatable bonds is 8. The number of aliphatic hydroxyl groups is 1. The van der Waals surface area contributed by atoms with Gasteiger partial charge in [0.1, 0.15) is 54.2 Å². The average molecular weight is 937 g/mol. The number of hydrogen-bond acceptors (Lipinski definition) is 23. The summed E-state index contributed by atoms with van der Waals surface area (Å²) in [5.41, 5.74) is 9.07. The van der Waals surface area contributed by atoms with E-state index < -0.39 is 116 Å². The van der Waals surface area contributed by atoms with Crippen molar-refractivity contribution in [1.29, 1.82) is 0 Å². The van der Waals surface area contributed by atoms with Crippen molar-refractivity contribution in [2.75, 3.05) is 36.6 Å². The summed E-state index contributed by atoms with van der Waals surface area (Å²) in [5.74, 6) is -2.80. The minimum Gasteiger partial charge on any atom is -0.454 e. The van der Waals surface area contributed by atoms with Gasteiger partial charge in [0.25, 0.3) is 5.56 Å². The Morgan fingerprint density at radius 3 is 2.00 bits per heavy atom. The van der Waals surface area contributed by atoms with Crippen LogP contribution >= 0.6 is 36.4 Å². The van der Waals surface area contributed by atoms with Crippen LogP contribution < -0.4 is 17.0 Å². The molecule has 24 nitrogen and oxygen atoms in total. The molecule has 4 aromatic rings. The fourth-order valence-corrected chi connectivity index (χ4v) is 11.7. The van der Waals surface area contributed by atoms with Crippen molar-refractivity contribution in [2.24, 2.45) is 10.8 Å². The predicted octanol–water partition coefficient (Wildman–Crippen LogP) is 3.21. The minimum atomic E-state index is -4.70. The van der Waals surface area contributed by atoms with Gasteiger partial charge in [-0.2, -0.15) is 4.98 Å². The highest BCUT2D eigenvalue weighted by atomic mass is 32.7. The molecule has 7 unspecified atom stereocenters. The molecule has 4 aromatic heterocycles. The number of imidazole rings is 2. The third kappa shape index (κ3) is 9.47. The summed E-state index contributed by atoms with van der Waals surface area (Å²) in [4.78, 5) is 60.8. The molecule has 10 atom stereocenters. The highest BCUT2D eigenvalue weighted by Crippen LogP contribution is 2.66. The first kappa shape index (κ1) is 45.3. The quantitative estimate of drug-likeness (QED) is 0.112. The van der Waals surface area contributed by atoms with E-state index in [1.165, 1.54) is 15.5 Å². The Balaban J connectivity index is 1.27. The maximum atomic E-state index is 16.9. The maximum absolute atomic E-state index is 16.9. The van der Waals surface area contributed by atoms with Crippen LogP contribution in [0.25, 0.3) is 22.3 Å². The van der Waals surface area contributed by atoms with Gasteiger partial charge in [-0.25, -0.2) is 33.5 Å². The standard InChI is InChI=1S/C32H43FN10O14P2S2/c1-31(2,3)28(46)50-12-60-58(48)52-7-14-19(44)21(27(54-14)43-11-39-18-24(43)40-30(35)41-25(18)45)57-59(49,61-13-51-29(47)32(4,5)6)53-8-15-20(56-58)16(33)26(55-15)42-10-38-17-22(34)36-9-37-23(17)42/h9-11,14-16,19-21,26-27,44H,7-8,12-13H2,1-6H3,(H2,34,36,37)(H3,35,40,41,45)/t14-,15-,16?,19?,20?,21?,26-,27?,58?,59?/m1/s1. The number of H-pyrrole nitrogens is 1. The normalized spacial score (nSPS) is 31.3. The molecule has 29 heteroatoms. The number of aliphatic hydroxyl groups excluding tert-OH is 1. The monoisotopic (exact) mass is 936 g/mol. The highest BCUT2D eigenvalue weighted by molar-refractivity contribution is 8.55. The Morgan fingerprint density at radius 1 is 0.852 bits per heavy atom. The molecule has 61 heavy (non-hydrogen) atoms. The molecule has 0 spiro atoms. The zero-order chi connectivity index (χ0) is 44.2. The van der Waals surface area contributed by atoms with E-state index >= 15 is 4.39 Å². The van der Waals surface area contributed by atoms with Gasteiger partial charge in [0, 0.05) is 22.8 Å². The first-order valence-electron chi connectivity index (χ1n) is 18.4. The zero-order valence-corrected chi connectivity index (χ0v) is 36.7. The van der Waals surface area contributed by atoms with Crippen LogP contribution in [0.5, 0.6) is 0 Å². The molecule has 0 aromatic carbocycles. The second kappa shape index (κ2) is 17.1. The second-order valence-corrected chi connectivity index (χ2v) is 23.9. The van der Waals surface area contributed by atoms with E-state index in [4.69, 9.17) is 48.5 Å². The molecular formula is C32H43FN10O14P2S2. The topological polar surface area (TPSA) is 322 Å². The maximum Gasteiger partial charge on any atom is 0.392 e. The van der Waals surface area contributed by atoms with Crippen LogP contribution in [0.1, 0.15) is 54.0 Å². The number of alkyl halides is 1. The number of nitrogens with zero attached hydrogens (tertiary/aromatic N) is 7. The lowest BCUT2D eigenvalue weighted by molar-refractivity contribution is -0.151. The van der Waals surface area contributed by atoms with Gasteiger partial charge in [0.2, 0.25) is 5.95 Å². The number of nitrogen functional groups attached to an aromatic ring is 2. The Hall–Kier alpha value is -3.75. The first-order chi connectivity index (χ1) is 28.6. The van der Waals surface area contributed by atoms with Gasteiger partial charge < -0.3 is 35.5 Å². The number of ether oxygens (including phenoxy) is 4. The molecule has 0 aliphatic carbocycles. The molecule has 7 heterocycles. The van der Waals surface area contributed by atoms with E-state index in [1.54, 1.807) is 41.5 Å². The van der Waals surface area contributed by atoms with Crippen LogP contribution in [-0.2, 0) is 55.8 Å². The van der Waals surface area contributed by atoms with Crippen molar-refractivity contribution >= 4 is 82.4 Å². The number of aromatic amines is 1. The predicted molar refractivity (Wildman–Crippen MR) is 214 cm³/mol. The fraction of sp³-hybridized carbons (Fsp3) is 0.625. The summed E-state index contributed by atoms with van der Waals surface area (Å²) in [6.45, 7) is -1.32. The summed E-state index contributed by atoms with van der Waals surface area (Å²) in [6.07, 6.45) is -10.1. The number of hydrogen-bond donors (Lipinski definition) is 4. The third-order valence-corrected chi connectivity index (χ3v) is 16.0. The molecule has 7 rings (SSSR count). The third-order valence-electron chi connectivity index (χ3n) is 9.29. The fourth-order valence-electron chi connectivity index (χ4n) is 6.10. The van der Waals surface area contributed by atoms with Crippen molar-refractivity contribution in [3.05, 3.63) is 29.3 Å². The Labute approximate surface area is 353 Å². The number of fused-ring (bicyclic) bond motifs is 5. The zero-order valence-electron chi connectivity index (χ0n) is 33.3. The van der Waals surface area contributed by atoms with Gasteiger partial charge in [0.05, 0.1) is 36.7 Å². The van der Waals surface area contributed by atoms with Gasteiger partial charge in [-0.05, 0) is 41.5 Å². The molecule has 3 saturated heterocycles. The van der Waals surface area contributed by atoms with Gasteiger partial charge >= 0.3 is 25.5 Å². The first-order valence-corrected chi connectivity index (χ1v) is 24.6. The number of anilines is 2. The molecule has 3 fully saturated rings. The summed E-state index contributed by atoms with van der Waals surface area (Å²) >= 11 is 0.807. The number of carbonyl (C=O) groups is 2. The van der Waals surface area contributed by atoms with Crippen molar-refractivity contribution < 1.29 is 65.3 Å². The minimum absolute atomic E-state index is 0.00671. The Bertz CT molecular complexity index is 2460. The van der Waals surface area contributed by atoms with Crippen molar-refractivity contribution in [1.82, 2.24) is 39.0 Å². The van der Waals surface area contributed by atoms with Gasteiger partial charge in [0.15, 0.2) is 41.3 Å². The lowest BCUT2D eigenvalue weighted by atomic mass is 9.98. The van der Waals surface area contributed by atoms with E-state index in [0.29, 0.717) is 22.8 Å². The van der Waals surface area contributed by atoms with E-state index in [1.807, 2.05) is 0 Å². The average Bonchev–Trinajstić information content (AvgIpc) is 3.94. The van der Waals surface area contributed by atoms with Crippen LogP contribution in [0.4, 0.5) is 16.2 Å². The van der Waals surface area contributed by atoms with Gasteiger partial charge in [-0.1, -0.05) is 0 Å². The molecular weight excluding hydrogens is 893 g/mol. The SMILES string of the molecule is CC(C)(C)C(=O)OCSP1(=O)OC[C@H]2O[C@@H](n3cnc4c(N)ncnc43)C(F)C2OP(=O)(SCOC(=O)C(C)(C)C)OC[C@H]2OC(n3cnc4c(=O)[nH]c(N)nc43)C(O1)C2O. The summed E-state index contributed by atoms with van der Waals surface area (Å²) in [5, 5.41) is 11.8. The van der Waals surface area contributed by atoms with Crippen molar-refractivity contribution in [3.63, 3.8) is 0 Å². The largest absolute Gasteiger partial charge is 0.454 e. The summed E-state index contributed by atoms with van der Waals surface area (Å²) in [7, 11) is 0.